The van der Waals surface area contributed by atoms with Gasteiger partial charge in [-0.15, -0.1) is 0 Å². The fourth-order valence-electron chi connectivity index (χ4n) is 2.38. The molecule has 0 aliphatic rings. The van der Waals surface area contributed by atoms with Gasteiger partial charge in [0.1, 0.15) is 5.69 Å². The summed E-state index contributed by atoms with van der Waals surface area (Å²) >= 11 is 5.99. The van der Waals surface area contributed by atoms with Crippen LogP contribution in [0.2, 0.25) is 5.02 Å². The number of fused-ring (bicyclic) bond motifs is 1. The second kappa shape index (κ2) is 5.67. The maximum atomic E-state index is 12.3. The largest absolute Gasteiger partial charge is 0.477 e. The van der Waals surface area contributed by atoms with Crippen LogP contribution in [-0.4, -0.2) is 15.6 Å². The average molecular weight is 294 g/mol. The minimum atomic E-state index is -1.09. The molecule has 0 bridgehead atoms. The molecular formula is C15H16ClNO3. The smallest absolute Gasteiger partial charge is 0.352 e. The summed E-state index contributed by atoms with van der Waals surface area (Å²) in [5.41, 5.74) is 0.655. The van der Waals surface area contributed by atoms with Crippen LogP contribution in [0.5, 0.6) is 0 Å². The molecule has 106 valence electrons. The number of nitrogens with zero attached hydrogens (tertiary/aromatic N) is 1. The van der Waals surface area contributed by atoms with Crippen LogP contribution in [-0.2, 0) is 6.54 Å². The van der Waals surface area contributed by atoms with Crippen molar-refractivity contribution >= 4 is 28.5 Å². The second-order valence-electron chi connectivity index (χ2n) is 4.77. The van der Waals surface area contributed by atoms with Crippen molar-refractivity contribution in [3.05, 3.63) is 44.7 Å². The van der Waals surface area contributed by atoms with Gasteiger partial charge in [0.2, 0.25) is 0 Å². The van der Waals surface area contributed by atoms with Crippen molar-refractivity contribution in [1.82, 2.24) is 4.57 Å². The fraction of sp³-hybridized carbons (Fsp3) is 0.333. The van der Waals surface area contributed by atoms with E-state index in [1.807, 2.05) is 6.92 Å². The summed E-state index contributed by atoms with van der Waals surface area (Å²) in [6.45, 7) is 4.14. The SMILES string of the molecule is CCCCn1c(C(=O)O)c(C)c(=O)c2ccc(Cl)cc21. The molecule has 1 aromatic heterocycles. The van der Waals surface area contributed by atoms with Crippen molar-refractivity contribution < 1.29 is 9.90 Å². The molecule has 2 aromatic rings. The van der Waals surface area contributed by atoms with Crippen LogP contribution in [0.1, 0.15) is 35.8 Å². The molecule has 0 aliphatic carbocycles. The van der Waals surface area contributed by atoms with Gasteiger partial charge in [0.05, 0.1) is 5.52 Å². The number of rotatable bonds is 4. The van der Waals surface area contributed by atoms with Crippen molar-refractivity contribution in [3.63, 3.8) is 0 Å². The molecule has 0 unspecified atom stereocenters. The van der Waals surface area contributed by atoms with E-state index >= 15 is 0 Å². The topological polar surface area (TPSA) is 59.3 Å². The Labute approximate surface area is 121 Å². The predicted molar refractivity (Wildman–Crippen MR) is 79.8 cm³/mol. The lowest BCUT2D eigenvalue weighted by atomic mass is 10.1. The number of carboxylic acids is 1. The van der Waals surface area contributed by atoms with Crippen molar-refractivity contribution in [2.45, 2.75) is 33.2 Å². The number of benzene rings is 1. The zero-order valence-electron chi connectivity index (χ0n) is 11.4. The molecular weight excluding hydrogens is 278 g/mol. The Balaban J connectivity index is 2.90. The molecule has 0 saturated heterocycles. The Morgan fingerprint density at radius 1 is 1.40 bits per heavy atom. The molecule has 0 atom stereocenters. The van der Waals surface area contributed by atoms with Gasteiger partial charge in [-0.3, -0.25) is 4.79 Å². The number of halogens is 1. The van der Waals surface area contributed by atoms with Crippen molar-refractivity contribution in [2.75, 3.05) is 0 Å². The molecule has 5 heteroatoms. The number of aromatic carboxylic acids is 1. The lowest BCUT2D eigenvalue weighted by Gasteiger charge is -2.16. The lowest BCUT2D eigenvalue weighted by Crippen LogP contribution is -2.22. The number of unbranched alkanes of at least 4 members (excludes halogenated alkanes) is 1. The highest BCUT2D eigenvalue weighted by atomic mass is 35.5. The first-order chi connectivity index (χ1) is 9.47. The molecule has 0 radical (unpaired) electrons. The summed E-state index contributed by atoms with van der Waals surface area (Å²) in [4.78, 5) is 23.8. The molecule has 1 N–H and O–H groups in total. The number of hydrogen-bond donors (Lipinski definition) is 1. The van der Waals surface area contributed by atoms with Crippen LogP contribution >= 0.6 is 11.6 Å². The van der Waals surface area contributed by atoms with Crippen molar-refractivity contribution in [2.24, 2.45) is 0 Å². The summed E-state index contributed by atoms with van der Waals surface area (Å²) in [6, 6.07) is 4.95. The summed E-state index contributed by atoms with van der Waals surface area (Å²) < 4.78 is 1.68. The van der Waals surface area contributed by atoms with E-state index in [0.29, 0.717) is 22.5 Å². The van der Waals surface area contributed by atoms with Gasteiger partial charge in [-0.25, -0.2) is 4.79 Å². The highest BCUT2D eigenvalue weighted by Gasteiger charge is 2.19. The van der Waals surface area contributed by atoms with Gasteiger partial charge in [0.25, 0.3) is 0 Å². The normalized spacial score (nSPS) is 10.9. The molecule has 1 aromatic carbocycles. The van der Waals surface area contributed by atoms with Gasteiger partial charge in [0, 0.05) is 22.5 Å². The van der Waals surface area contributed by atoms with E-state index in [4.69, 9.17) is 11.6 Å². The van der Waals surface area contributed by atoms with Gasteiger partial charge >= 0.3 is 5.97 Å². The Hall–Kier alpha value is -1.81. The first kappa shape index (κ1) is 14.6. The number of pyridine rings is 1. The highest BCUT2D eigenvalue weighted by Crippen LogP contribution is 2.21. The van der Waals surface area contributed by atoms with Gasteiger partial charge in [-0.1, -0.05) is 24.9 Å². The minimum absolute atomic E-state index is 0.0539. The van der Waals surface area contributed by atoms with E-state index in [0.717, 1.165) is 12.8 Å². The maximum absolute atomic E-state index is 12.3. The minimum Gasteiger partial charge on any atom is -0.477 e. The Morgan fingerprint density at radius 2 is 2.10 bits per heavy atom. The van der Waals surface area contributed by atoms with Gasteiger partial charge in [-0.2, -0.15) is 0 Å². The number of aromatic nitrogens is 1. The van der Waals surface area contributed by atoms with Crippen molar-refractivity contribution in [3.8, 4) is 0 Å². The summed E-state index contributed by atoms with van der Waals surface area (Å²) in [5, 5.41) is 10.4. The third kappa shape index (κ3) is 2.43. The summed E-state index contributed by atoms with van der Waals surface area (Å²) in [6.07, 6.45) is 1.77. The summed E-state index contributed by atoms with van der Waals surface area (Å²) in [5.74, 6) is -1.09. The predicted octanol–water partition coefficient (Wildman–Crippen LogP) is 3.46. The Bertz CT molecular complexity index is 734. The van der Waals surface area contributed by atoms with E-state index in [1.54, 1.807) is 29.7 Å². The van der Waals surface area contributed by atoms with E-state index in [-0.39, 0.29) is 16.7 Å². The van der Waals surface area contributed by atoms with Crippen LogP contribution in [0.25, 0.3) is 10.9 Å². The zero-order chi connectivity index (χ0) is 14.9. The van der Waals surface area contributed by atoms with Crippen LogP contribution in [0, 0.1) is 6.92 Å². The second-order valence-corrected chi connectivity index (χ2v) is 5.21. The van der Waals surface area contributed by atoms with Crippen molar-refractivity contribution in [1.29, 1.82) is 0 Å². The quantitative estimate of drug-likeness (QED) is 0.939. The first-order valence-electron chi connectivity index (χ1n) is 6.53. The molecule has 4 nitrogen and oxygen atoms in total. The van der Waals surface area contributed by atoms with Crippen LogP contribution in [0.15, 0.2) is 23.0 Å². The monoisotopic (exact) mass is 293 g/mol. The van der Waals surface area contributed by atoms with E-state index in [1.165, 1.54) is 0 Å². The van der Waals surface area contributed by atoms with Gasteiger partial charge in [0.15, 0.2) is 5.43 Å². The molecule has 20 heavy (non-hydrogen) atoms. The third-order valence-corrected chi connectivity index (χ3v) is 3.63. The number of hydrogen-bond acceptors (Lipinski definition) is 2. The van der Waals surface area contributed by atoms with Crippen LogP contribution in [0.3, 0.4) is 0 Å². The number of carbonyl (C=O) groups is 1. The number of aryl methyl sites for hydroxylation is 1. The average Bonchev–Trinajstić information content (AvgIpc) is 2.40. The zero-order valence-corrected chi connectivity index (χ0v) is 12.2. The van der Waals surface area contributed by atoms with Crippen LogP contribution in [0.4, 0.5) is 0 Å². The number of carboxylic acid groups (broad SMARTS) is 1. The molecule has 2 rings (SSSR count). The molecule has 0 aliphatic heterocycles. The van der Waals surface area contributed by atoms with E-state index in [9.17, 15) is 14.7 Å². The molecule has 0 saturated carbocycles. The van der Waals surface area contributed by atoms with E-state index in [2.05, 4.69) is 0 Å². The Morgan fingerprint density at radius 3 is 2.70 bits per heavy atom. The lowest BCUT2D eigenvalue weighted by molar-refractivity contribution is 0.0683. The standard InChI is InChI=1S/C15H16ClNO3/c1-3-4-7-17-12-8-10(16)5-6-11(12)14(18)9(2)13(17)15(19)20/h5-6,8H,3-4,7H2,1-2H3,(H,19,20). The third-order valence-electron chi connectivity index (χ3n) is 3.40. The maximum Gasteiger partial charge on any atom is 0.352 e. The highest BCUT2D eigenvalue weighted by molar-refractivity contribution is 6.31. The Kier molecular flexibility index (Phi) is 4.14. The summed E-state index contributed by atoms with van der Waals surface area (Å²) in [7, 11) is 0. The first-order valence-corrected chi connectivity index (χ1v) is 6.91. The van der Waals surface area contributed by atoms with Crippen LogP contribution < -0.4 is 5.43 Å². The van der Waals surface area contributed by atoms with Gasteiger partial charge < -0.3 is 9.67 Å². The molecule has 0 amide bonds. The molecule has 0 spiro atoms. The van der Waals surface area contributed by atoms with Gasteiger partial charge in [-0.05, 0) is 31.5 Å². The van der Waals surface area contributed by atoms with E-state index < -0.39 is 5.97 Å². The fourth-order valence-corrected chi connectivity index (χ4v) is 2.54. The molecule has 0 fully saturated rings. The molecule has 1 heterocycles.